The van der Waals surface area contributed by atoms with E-state index in [0.717, 1.165) is 4.47 Å². The van der Waals surface area contributed by atoms with E-state index in [1.165, 1.54) is 9.91 Å². The van der Waals surface area contributed by atoms with Gasteiger partial charge in [0, 0.05) is 23.1 Å². The molecule has 2 N–H and O–H groups in total. The highest BCUT2D eigenvalue weighted by molar-refractivity contribution is 9.10. The van der Waals surface area contributed by atoms with Crippen LogP contribution in [0.3, 0.4) is 0 Å². The molecule has 1 heterocycles. The minimum Gasteiger partial charge on any atom is -0.356 e. The summed E-state index contributed by atoms with van der Waals surface area (Å²) in [6, 6.07) is 5.94. The Hall–Kier alpha value is -2.00. The maximum absolute atomic E-state index is 12.5. The van der Waals surface area contributed by atoms with Gasteiger partial charge in [-0.3, -0.25) is 24.7 Å². The molecule has 0 saturated carbocycles. The first-order valence-corrected chi connectivity index (χ1v) is 9.07. The van der Waals surface area contributed by atoms with E-state index in [4.69, 9.17) is 12.2 Å². The average molecular weight is 427 g/mol. The van der Waals surface area contributed by atoms with E-state index in [1.54, 1.807) is 38.1 Å². The second-order valence-electron chi connectivity index (χ2n) is 5.36. The lowest BCUT2D eigenvalue weighted by molar-refractivity contribution is -0.132. The fourth-order valence-electron chi connectivity index (χ4n) is 2.46. The second kappa shape index (κ2) is 8.39. The highest BCUT2D eigenvalue weighted by atomic mass is 79.9. The van der Waals surface area contributed by atoms with Gasteiger partial charge in [-0.15, -0.1) is 0 Å². The molecule has 2 rings (SSSR count). The zero-order chi connectivity index (χ0) is 18.6. The van der Waals surface area contributed by atoms with Crippen LogP contribution in [-0.2, 0) is 9.59 Å². The number of thiocarbonyl (C=S) groups is 1. The van der Waals surface area contributed by atoms with Crippen LogP contribution in [-0.4, -0.2) is 51.9 Å². The fourth-order valence-corrected chi connectivity index (χ4v) is 3.12. The molecule has 1 aliphatic heterocycles. The summed E-state index contributed by atoms with van der Waals surface area (Å²) in [6.07, 6.45) is -0.0794. The number of carbonyl (C=O) groups excluding carboxylic acids is 3. The predicted octanol–water partition coefficient (Wildman–Crippen LogP) is 1.44. The molecule has 0 bridgehead atoms. The molecule has 1 atom stereocenters. The molecule has 1 aromatic rings. The first kappa shape index (κ1) is 19.3. The SMILES string of the molecule is CCNC(=O)CC1C(=O)N(CC)C(=S)N1NC(=O)c1ccc(Br)cc1. The third-order valence-electron chi connectivity index (χ3n) is 3.70. The lowest BCUT2D eigenvalue weighted by atomic mass is 10.2. The van der Waals surface area contributed by atoms with Crippen LogP contribution in [0.15, 0.2) is 28.7 Å². The largest absolute Gasteiger partial charge is 0.356 e. The van der Waals surface area contributed by atoms with Crippen molar-refractivity contribution in [3.8, 4) is 0 Å². The van der Waals surface area contributed by atoms with Crippen molar-refractivity contribution in [1.29, 1.82) is 0 Å². The van der Waals surface area contributed by atoms with Crippen molar-refractivity contribution in [2.45, 2.75) is 26.3 Å². The van der Waals surface area contributed by atoms with E-state index in [2.05, 4.69) is 26.7 Å². The topological polar surface area (TPSA) is 81.8 Å². The third-order valence-corrected chi connectivity index (χ3v) is 4.64. The Balaban J connectivity index is 2.19. The first-order chi connectivity index (χ1) is 11.9. The van der Waals surface area contributed by atoms with Crippen molar-refractivity contribution in [3.63, 3.8) is 0 Å². The van der Waals surface area contributed by atoms with Gasteiger partial charge < -0.3 is 5.32 Å². The Bertz CT molecular complexity index is 695. The van der Waals surface area contributed by atoms with Gasteiger partial charge in [0.15, 0.2) is 5.11 Å². The minimum atomic E-state index is -0.849. The zero-order valence-corrected chi connectivity index (χ0v) is 16.3. The van der Waals surface area contributed by atoms with Crippen LogP contribution in [0.2, 0.25) is 0 Å². The molecule has 1 fully saturated rings. The molecule has 0 aliphatic carbocycles. The third kappa shape index (κ3) is 4.35. The number of amides is 3. The highest BCUT2D eigenvalue weighted by Gasteiger charge is 2.43. The number of likely N-dealkylation sites (N-methyl/N-ethyl adjacent to an activating group) is 1. The number of benzene rings is 1. The lowest BCUT2D eigenvalue weighted by Gasteiger charge is -2.24. The Kier molecular flexibility index (Phi) is 6.49. The summed E-state index contributed by atoms with van der Waals surface area (Å²) in [7, 11) is 0. The highest BCUT2D eigenvalue weighted by Crippen LogP contribution is 2.19. The number of rotatable bonds is 6. The average Bonchev–Trinajstić information content (AvgIpc) is 2.79. The van der Waals surface area contributed by atoms with Crippen molar-refractivity contribution < 1.29 is 14.4 Å². The van der Waals surface area contributed by atoms with Crippen molar-refractivity contribution in [2.24, 2.45) is 0 Å². The lowest BCUT2D eigenvalue weighted by Crippen LogP contribution is -2.50. The second-order valence-corrected chi connectivity index (χ2v) is 6.64. The maximum Gasteiger partial charge on any atom is 0.269 e. The van der Waals surface area contributed by atoms with E-state index in [9.17, 15) is 14.4 Å². The van der Waals surface area contributed by atoms with Crippen LogP contribution < -0.4 is 10.7 Å². The zero-order valence-electron chi connectivity index (χ0n) is 13.9. The van der Waals surface area contributed by atoms with Crippen molar-refractivity contribution in [2.75, 3.05) is 13.1 Å². The number of hydrogen-bond acceptors (Lipinski definition) is 4. The normalized spacial score (nSPS) is 17.0. The molecule has 7 nitrogen and oxygen atoms in total. The number of hydrazine groups is 1. The molecule has 1 saturated heterocycles. The van der Waals surface area contributed by atoms with E-state index in [1.807, 2.05) is 0 Å². The molecular weight excluding hydrogens is 408 g/mol. The van der Waals surface area contributed by atoms with Gasteiger partial charge >= 0.3 is 0 Å². The van der Waals surface area contributed by atoms with E-state index in [-0.39, 0.29) is 23.3 Å². The molecule has 1 aromatic carbocycles. The van der Waals surface area contributed by atoms with Crippen molar-refractivity contribution in [3.05, 3.63) is 34.3 Å². The van der Waals surface area contributed by atoms with Gasteiger partial charge in [-0.05, 0) is 50.3 Å². The van der Waals surface area contributed by atoms with Gasteiger partial charge in [0.05, 0.1) is 6.42 Å². The summed E-state index contributed by atoms with van der Waals surface area (Å²) >= 11 is 8.61. The van der Waals surface area contributed by atoms with E-state index < -0.39 is 11.9 Å². The number of nitrogens with one attached hydrogen (secondary N) is 2. The number of nitrogens with zero attached hydrogens (tertiary/aromatic N) is 2. The summed E-state index contributed by atoms with van der Waals surface area (Å²) < 4.78 is 0.849. The Morgan fingerprint density at radius 2 is 1.88 bits per heavy atom. The van der Waals surface area contributed by atoms with Gasteiger partial charge in [0.2, 0.25) is 5.91 Å². The Morgan fingerprint density at radius 1 is 1.24 bits per heavy atom. The van der Waals surface area contributed by atoms with Gasteiger partial charge in [-0.2, -0.15) is 0 Å². The molecule has 9 heteroatoms. The quantitative estimate of drug-likeness (QED) is 0.672. The van der Waals surface area contributed by atoms with Crippen LogP contribution in [0.5, 0.6) is 0 Å². The summed E-state index contributed by atoms with van der Waals surface area (Å²) in [5.74, 6) is -0.971. The molecule has 3 amide bonds. The molecule has 25 heavy (non-hydrogen) atoms. The molecule has 0 radical (unpaired) electrons. The van der Waals surface area contributed by atoms with E-state index >= 15 is 0 Å². The predicted molar refractivity (Wildman–Crippen MR) is 101 cm³/mol. The smallest absolute Gasteiger partial charge is 0.269 e. The maximum atomic E-state index is 12.5. The van der Waals surface area contributed by atoms with Gasteiger partial charge in [-0.1, -0.05) is 15.9 Å². The van der Waals surface area contributed by atoms with E-state index in [0.29, 0.717) is 18.7 Å². The summed E-state index contributed by atoms with van der Waals surface area (Å²) in [5.41, 5.74) is 3.07. The molecule has 0 spiro atoms. The van der Waals surface area contributed by atoms with Crippen LogP contribution in [0, 0.1) is 0 Å². The number of hydrogen-bond donors (Lipinski definition) is 2. The molecule has 1 unspecified atom stereocenters. The van der Waals surface area contributed by atoms with Gasteiger partial charge in [0.25, 0.3) is 11.8 Å². The number of halogens is 1. The van der Waals surface area contributed by atoms with Crippen LogP contribution in [0.25, 0.3) is 0 Å². The summed E-state index contributed by atoms with van der Waals surface area (Å²) in [5, 5.41) is 4.15. The van der Waals surface area contributed by atoms with Gasteiger partial charge in [0.1, 0.15) is 6.04 Å². The summed E-state index contributed by atoms with van der Waals surface area (Å²) in [4.78, 5) is 38.3. The Morgan fingerprint density at radius 3 is 2.44 bits per heavy atom. The number of carbonyl (C=O) groups is 3. The molecular formula is C16H19BrN4O3S. The van der Waals surface area contributed by atoms with Crippen molar-refractivity contribution in [1.82, 2.24) is 20.7 Å². The van der Waals surface area contributed by atoms with Crippen LogP contribution >= 0.6 is 28.1 Å². The molecule has 0 aromatic heterocycles. The standard InChI is InChI=1S/C16H19BrN4O3S/c1-3-18-13(22)9-12-15(24)20(4-2)16(25)21(12)19-14(23)10-5-7-11(17)8-6-10/h5-8,12H,3-4,9H2,1-2H3,(H,18,22)(H,19,23). The van der Waals surface area contributed by atoms with Crippen LogP contribution in [0.4, 0.5) is 0 Å². The molecule has 134 valence electrons. The Labute approximate surface area is 159 Å². The monoisotopic (exact) mass is 426 g/mol. The molecule has 1 aliphatic rings. The summed E-state index contributed by atoms with van der Waals surface area (Å²) in [6.45, 7) is 4.42. The first-order valence-electron chi connectivity index (χ1n) is 7.86. The fraction of sp³-hybridized carbons (Fsp3) is 0.375. The van der Waals surface area contributed by atoms with Crippen molar-refractivity contribution >= 4 is 51.0 Å². The van der Waals surface area contributed by atoms with Gasteiger partial charge in [-0.25, -0.2) is 5.01 Å². The van der Waals surface area contributed by atoms with Crippen LogP contribution in [0.1, 0.15) is 30.6 Å². The minimum absolute atomic E-state index is 0.0794.